The molecule has 1 amide bonds. The first-order valence-electron chi connectivity index (χ1n) is 6.37. The third-order valence-corrected chi connectivity index (χ3v) is 3.32. The molecular weight excluding hydrogens is 280 g/mol. The van der Waals surface area contributed by atoms with E-state index in [-0.39, 0.29) is 22.2 Å². The summed E-state index contributed by atoms with van der Waals surface area (Å²) in [4.78, 5) is 47.0. The van der Waals surface area contributed by atoms with Gasteiger partial charge in [0, 0.05) is 13.1 Å². The molecule has 110 valence electrons. The van der Waals surface area contributed by atoms with E-state index in [1.807, 2.05) is 0 Å². The standard InChI is InChI=1S/C12H12N4O5/c17-7-5-6(11(19)20)8-9(13-7)14-12(15-10(8)18)16-1-3-21-4-2-16/h1-5H2,(H,19,20)(H,13,14,15,17,18). The summed E-state index contributed by atoms with van der Waals surface area (Å²) in [5, 5.41) is 8.97. The molecule has 1 aromatic heterocycles. The number of carbonyl (C=O) groups excluding carboxylic acids is 1. The highest BCUT2D eigenvalue weighted by Gasteiger charge is 2.22. The molecule has 0 aromatic carbocycles. The van der Waals surface area contributed by atoms with Crippen LogP contribution in [0.1, 0.15) is 6.42 Å². The molecule has 0 saturated carbocycles. The maximum Gasteiger partial charge on any atom is 0.333 e. The Hall–Kier alpha value is -2.55. The number of nitrogens with one attached hydrogen (secondary N) is 1. The minimum atomic E-state index is -1.31. The van der Waals surface area contributed by atoms with Gasteiger partial charge in [-0.25, -0.2) is 4.79 Å². The van der Waals surface area contributed by atoms with Crippen molar-refractivity contribution in [2.24, 2.45) is 4.99 Å². The zero-order valence-corrected chi connectivity index (χ0v) is 11.0. The number of anilines is 1. The van der Waals surface area contributed by atoms with Crippen molar-refractivity contribution in [3.63, 3.8) is 0 Å². The van der Waals surface area contributed by atoms with Crippen LogP contribution in [0.15, 0.2) is 9.79 Å². The van der Waals surface area contributed by atoms with Crippen LogP contribution in [0.25, 0.3) is 5.57 Å². The number of amides is 1. The van der Waals surface area contributed by atoms with Gasteiger partial charge in [-0.3, -0.25) is 14.6 Å². The molecule has 1 aromatic rings. The van der Waals surface area contributed by atoms with E-state index in [1.54, 1.807) is 4.90 Å². The fourth-order valence-corrected chi connectivity index (χ4v) is 2.31. The summed E-state index contributed by atoms with van der Waals surface area (Å²) in [6.45, 7) is 2.10. The summed E-state index contributed by atoms with van der Waals surface area (Å²) >= 11 is 0. The first-order chi connectivity index (χ1) is 10.1. The van der Waals surface area contributed by atoms with Crippen LogP contribution in [-0.4, -0.2) is 53.3 Å². The molecule has 0 atom stereocenters. The number of aromatic nitrogens is 2. The molecule has 2 aliphatic heterocycles. The van der Waals surface area contributed by atoms with Crippen molar-refractivity contribution in [3.05, 3.63) is 21.1 Å². The van der Waals surface area contributed by atoms with Gasteiger partial charge < -0.3 is 14.7 Å². The highest BCUT2D eigenvalue weighted by Crippen LogP contribution is 2.06. The van der Waals surface area contributed by atoms with Gasteiger partial charge in [0.25, 0.3) is 11.5 Å². The molecule has 0 unspecified atom stereocenters. The van der Waals surface area contributed by atoms with Crippen LogP contribution < -0.4 is 21.2 Å². The number of carboxylic acids is 1. The fraction of sp³-hybridized carbons (Fsp3) is 0.417. The summed E-state index contributed by atoms with van der Waals surface area (Å²) < 4.78 is 5.21. The van der Waals surface area contributed by atoms with Crippen LogP contribution in [0.2, 0.25) is 0 Å². The molecule has 0 bridgehead atoms. The third-order valence-electron chi connectivity index (χ3n) is 3.32. The lowest BCUT2D eigenvalue weighted by Crippen LogP contribution is -2.51. The van der Waals surface area contributed by atoms with Gasteiger partial charge in [0.15, 0.2) is 5.49 Å². The monoisotopic (exact) mass is 292 g/mol. The number of hydrogen-bond donors (Lipinski definition) is 2. The summed E-state index contributed by atoms with van der Waals surface area (Å²) in [6.07, 6.45) is -0.399. The molecule has 3 rings (SSSR count). The quantitative estimate of drug-likeness (QED) is 0.612. The number of ether oxygens (including phenoxy) is 1. The van der Waals surface area contributed by atoms with Crippen LogP contribution in [0.3, 0.4) is 0 Å². The molecule has 3 heterocycles. The Morgan fingerprint density at radius 2 is 2.00 bits per heavy atom. The predicted octanol–water partition coefficient (Wildman–Crippen LogP) is -2.61. The SMILES string of the molecule is O=C1CC(C(=O)O)=c2c(nc(N3CCOCC3)[nH]c2=O)=N1. The van der Waals surface area contributed by atoms with E-state index in [4.69, 9.17) is 9.84 Å². The first-order valence-corrected chi connectivity index (χ1v) is 6.37. The van der Waals surface area contributed by atoms with E-state index >= 15 is 0 Å². The minimum Gasteiger partial charge on any atom is -0.478 e. The van der Waals surface area contributed by atoms with E-state index in [2.05, 4.69) is 15.0 Å². The second-order valence-corrected chi connectivity index (χ2v) is 4.65. The van der Waals surface area contributed by atoms with Crippen LogP contribution in [0.5, 0.6) is 0 Å². The Balaban J connectivity index is 2.22. The first kappa shape index (κ1) is 13.4. The van der Waals surface area contributed by atoms with Crippen molar-refractivity contribution < 1.29 is 19.4 Å². The Morgan fingerprint density at radius 3 is 2.67 bits per heavy atom. The van der Waals surface area contributed by atoms with Gasteiger partial charge in [0.1, 0.15) is 0 Å². The van der Waals surface area contributed by atoms with Crippen molar-refractivity contribution in [1.82, 2.24) is 9.97 Å². The number of aliphatic carboxylic acids is 1. The molecule has 21 heavy (non-hydrogen) atoms. The molecule has 1 saturated heterocycles. The maximum absolute atomic E-state index is 12.1. The van der Waals surface area contributed by atoms with Gasteiger partial charge >= 0.3 is 5.97 Å². The van der Waals surface area contributed by atoms with Gasteiger partial charge in [-0.2, -0.15) is 9.98 Å². The summed E-state index contributed by atoms with van der Waals surface area (Å²) in [5.74, 6) is -1.66. The van der Waals surface area contributed by atoms with E-state index in [9.17, 15) is 14.4 Å². The largest absolute Gasteiger partial charge is 0.478 e. The summed E-state index contributed by atoms with van der Waals surface area (Å²) in [6, 6.07) is 0. The van der Waals surface area contributed by atoms with Gasteiger partial charge in [-0.05, 0) is 0 Å². The topological polar surface area (TPSA) is 125 Å². The van der Waals surface area contributed by atoms with Crippen molar-refractivity contribution in [1.29, 1.82) is 0 Å². The van der Waals surface area contributed by atoms with E-state index in [0.29, 0.717) is 26.3 Å². The highest BCUT2D eigenvalue weighted by molar-refractivity contribution is 6.13. The molecule has 9 heteroatoms. The number of rotatable bonds is 2. The molecule has 2 aliphatic rings. The molecule has 0 aliphatic carbocycles. The van der Waals surface area contributed by atoms with Crippen molar-refractivity contribution in [3.8, 4) is 0 Å². The Kier molecular flexibility index (Phi) is 3.26. The zero-order chi connectivity index (χ0) is 15.0. The van der Waals surface area contributed by atoms with Crippen LogP contribution in [0.4, 0.5) is 5.95 Å². The van der Waals surface area contributed by atoms with Gasteiger partial charge in [0.05, 0.1) is 30.4 Å². The smallest absolute Gasteiger partial charge is 0.333 e. The third kappa shape index (κ3) is 2.42. The highest BCUT2D eigenvalue weighted by atomic mass is 16.5. The normalized spacial score (nSPS) is 18.2. The van der Waals surface area contributed by atoms with E-state index in [1.165, 1.54) is 0 Å². The lowest BCUT2D eigenvalue weighted by atomic mass is 10.1. The zero-order valence-electron chi connectivity index (χ0n) is 11.0. The second-order valence-electron chi connectivity index (χ2n) is 4.65. The number of H-pyrrole nitrogens is 1. The van der Waals surface area contributed by atoms with E-state index in [0.717, 1.165) is 0 Å². The predicted molar refractivity (Wildman–Crippen MR) is 69.3 cm³/mol. The average molecular weight is 292 g/mol. The van der Waals surface area contributed by atoms with Gasteiger partial charge in [-0.15, -0.1) is 0 Å². The number of aromatic amines is 1. The maximum atomic E-state index is 12.1. The minimum absolute atomic E-state index is 0.131. The van der Waals surface area contributed by atoms with Crippen LogP contribution >= 0.6 is 0 Å². The number of hydrogen-bond acceptors (Lipinski definition) is 6. The van der Waals surface area contributed by atoms with Crippen molar-refractivity contribution >= 4 is 23.4 Å². The number of fused-ring (bicyclic) bond motifs is 1. The number of morpholine rings is 1. The lowest BCUT2D eigenvalue weighted by molar-refractivity contribution is -0.131. The lowest BCUT2D eigenvalue weighted by Gasteiger charge is -2.27. The van der Waals surface area contributed by atoms with Gasteiger partial charge in [0.2, 0.25) is 5.95 Å². The molecule has 2 N–H and O–H groups in total. The molecule has 0 spiro atoms. The van der Waals surface area contributed by atoms with Gasteiger partial charge in [-0.1, -0.05) is 0 Å². The Bertz CT molecular complexity index is 791. The summed E-state index contributed by atoms with van der Waals surface area (Å²) in [7, 11) is 0. The number of carboxylic acid groups (broad SMARTS) is 1. The molecule has 0 radical (unpaired) electrons. The van der Waals surface area contributed by atoms with Crippen molar-refractivity contribution in [2.45, 2.75) is 6.42 Å². The molecule has 9 nitrogen and oxygen atoms in total. The van der Waals surface area contributed by atoms with Crippen LogP contribution in [0, 0.1) is 0 Å². The van der Waals surface area contributed by atoms with E-state index < -0.39 is 23.9 Å². The van der Waals surface area contributed by atoms with Crippen molar-refractivity contribution in [2.75, 3.05) is 31.2 Å². The molecule has 1 fully saturated rings. The summed E-state index contributed by atoms with van der Waals surface area (Å²) in [5.41, 5.74) is -1.00. The Morgan fingerprint density at radius 1 is 1.29 bits per heavy atom. The second kappa shape index (κ2) is 5.09. The molecular formula is C12H12N4O5. The number of carbonyl (C=O) groups is 2. The van der Waals surface area contributed by atoms with Crippen LogP contribution in [-0.2, 0) is 14.3 Å². The average Bonchev–Trinajstić information content (AvgIpc) is 2.46. The Labute approximate surface area is 117 Å². The fourth-order valence-electron chi connectivity index (χ4n) is 2.31. The number of nitrogens with zero attached hydrogens (tertiary/aromatic N) is 3.